The Bertz CT molecular complexity index is 808. The van der Waals surface area contributed by atoms with Crippen molar-refractivity contribution in [3.8, 4) is 0 Å². The highest BCUT2D eigenvalue weighted by Gasteiger charge is 2.11. The number of aldehydes is 1. The maximum Gasteiger partial charge on any atom is 0.257 e. The minimum absolute atomic E-state index is 0.133. The molecule has 0 aromatic heterocycles. The van der Waals surface area contributed by atoms with Gasteiger partial charge in [0.1, 0.15) is 6.29 Å². The molecule has 2 aromatic rings. The Morgan fingerprint density at radius 2 is 1.77 bits per heavy atom. The fraction of sp³-hybridized carbons (Fsp3) is 0.182. The van der Waals surface area contributed by atoms with Crippen LogP contribution in [0.5, 0.6) is 0 Å². The van der Waals surface area contributed by atoms with Gasteiger partial charge in [0.25, 0.3) is 5.91 Å². The lowest BCUT2D eigenvalue weighted by atomic mass is 10.1. The molecule has 4 nitrogen and oxygen atoms in total. The average Bonchev–Trinajstić information content (AvgIpc) is 2.66. The quantitative estimate of drug-likeness (QED) is 0.609. The number of amides is 1. The van der Waals surface area contributed by atoms with E-state index in [0.717, 1.165) is 28.7 Å². The second kappa shape index (κ2) is 10.7. The predicted octanol–water partition coefficient (Wildman–Crippen LogP) is 4.66. The summed E-state index contributed by atoms with van der Waals surface area (Å²) in [6.07, 6.45) is 4.28. The summed E-state index contributed by atoms with van der Waals surface area (Å²) < 4.78 is 0. The van der Waals surface area contributed by atoms with Gasteiger partial charge in [-0.2, -0.15) is 0 Å². The van der Waals surface area contributed by atoms with E-state index < -0.39 is 0 Å². The van der Waals surface area contributed by atoms with Crippen molar-refractivity contribution in [1.82, 2.24) is 5.32 Å². The zero-order valence-electron chi connectivity index (χ0n) is 15.8. The Hall–Kier alpha value is -3.14. The van der Waals surface area contributed by atoms with Gasteiger partial charge < -0.3 is 10.6 Å². The smallest absolute Gasteiger partial charge is 0.257 e. The molecule has 4 heteroatoms. The molecular formula is C22H26N2O2. The topological polar surface area (TPSA) is 58.2 Å². The van der Waals surface area contributed by atoms with Crippen LogP contribution in [0.25, 0.3) is 0 Å². The average molecular weight is 350 g/mol. The summed E-state index contributed by atoms with van der Waals surface area (Å²) >= 11 is 0. The monoisotopic (exact) mass is 350 g/mol. The van der Waals surface area contributed by atoms with Gasteiger partial charge >= 0.3 is 0 Å². The second-order valence-electron chi connectivity index (χ2n) is 5.73. The van der Waals surface area contributed by atoms with Crippen LogP contribution >= 0.6 is 0 Å². The van der Waals surface area contributed by atoms with Gasteiger partial charge in [-0.3, -0.25) is 9.59 Å². The van der Waals surface area contributed by atoms with Gasteiger partial charge in [0.05, 0.1) is 5.56 Å². The highest BCUT2D eigenvalue weighted by Crippen LogP contribution is 2.17. The standard InChI is InChI=1S/C14H18N2O.C8H8O/c1-5-11(6-2)16-14(17)12-9-10(3)7-8-13(12)15-4;1-7-3-2-4-8(5-7)6-9/h5-9,15H,1H2,2-4H3,(H,16,17);2-6H,1H3/b11-6+;. The van der Waals surface area contributed by atoms with Crippen molar-refractivity contribution in [3.63, 3.8) is 0 Å². The molecule has 2 aromatic carbocycles. The lowest BCUT2D eigenvalue weighted by molar-refractivity contribution is 0.0967. The van der Waals surface area contributed by atoms with E-state index in [1.54, 1.807) is 25.3 Å². The lowest BCUT2D eigenvalue weighted by Crippen LogP contribution is -2.22. The Balaban J connectivity index is 0.000000314. The highest BCUT2D eigenvalue weighted by atomic mass is 16.1. The van der Waals surface area contributed by atoms with Crippen LogP contribution in [0.4, 0.5) is 5.69 Å². The van der Waals surface area contributed by atoms with Crippen LogP contribution in [0.3, 0.4) is 0 Å². The number of nitrogens with one attached hydrogen (secondary N) is 2. The van der Waals surface area contributed by atoms with Crippen molar-refractivity contribution in [3.05, 3.63) is 89.1 Å². The zero-order valence-corrected chi connectivity index (χ0v) is 15.8. The summed E-state index contributed by atoms with van der Waals surface area (Å²) in [5, 5.41) is 5.81. The number of carbonyl (C=O) groups is 2. The molecule has 0 unspecified atom stereocenters. The van der Waals surface area contributed by atoms with Crippen molar-refractivity contribution < 1.29 is 9.59 Å². The van der Waals surface area contributed by atoms with E-state index >= 15 is 0 Å². The van der Waals surface area contributed by atoms with Gasteiger partial charge in [0, 0.05) is 24.0 Å². The summed E-state index contributed by atoms with van der Waals surface area (Å²) in [6, 6.07) is 13.2. The SMILES string of the molecule is C=C/C(=C\C)NC(=O)c1cc(C)ccc1NC.Cc1cccc(C=O)c1. The van der Waals surface area contributed by atoms with Gasteiger partial charge in [0.15, 0.2) is 0 Å². The summed E-state index contributed by atoms with van der Waals surface area (Å²) in [5.74, 6) is -0.133. The van der Waals surface area contributed by atoms with Crippen molar-refractivity contribution >= 4 is 17.9 Å². The van der Waals surface area contributed by atoms with Crippen molar-refractivity contribution in [1.29, 1.82) is 0 Å². The highest BCUT2D eigenvalue weighted by molar-refractivity contribution is 6.00. The molecule has 0 aliphatic rings. The van der Waals surface area contributed by atoms with Crippen molar-refractivity contribution in [2.75, 3.05) is 12.4 Å². The molecule has 1 amide bonds. The molecule has 0 aliphatic heterocycles. The Kier molecular flexibility index (Phi) is 8.58. The van der Waals surface area contributed by atoms with Gasteiger partial charge in [-0.1, -0.05) is 48.0 Å². The molecule has 0 saturated carbocycles. The van der Waals surface area contributed by atoms with Crippen molar-refractivity contribution in [2.24, 2.45) is 0 Å². The molecule has 26 heavy (non-hydrogen) atoms. The number of allylic oxidation sites excluding steroid dienone is 2. The maximum absolute atomic E-state index is 12.1. The van der Waals surface area contributed by atoms with E-state index in [1.807, 2.05) is 57.2 Å². The van der Waals surface area contributed by atoms with E-state index in [4.69, 9.17) is 0 Å². The van der Waals surface area contributed by atoms with Crippen LogP contribution < -0.4 is 10.6 Å². The first kappa shape index (κ1) is 20.9. The first-order valence-electron chi connectivity index (χ1n) is 8.35. The number of anilines is 1. The predicted molar refractivity (Wildman–Crippen MR) is 109 cm³/mol. The molecular weight excluding hydrogens is 324 g/mol. The van der Waals surface area contributed by atoms with E-state index in [9.17, 15) is 9.59 Å². The Labute approximate surface area is 155 Å². The second-order valence-corrected chi connectivity index (χ2v) is 5.73. The molecule has 2 rings (SSSR count). The van der Waals surface area contributed by atoms with Crippen LogP contribution in [0.2, 0.25) is 0 Å². The third kappa shape index (κ3) is 6.40. The maximum atomic E-state index is 12.1. The third-order valence-electron chi connectivity index (χ3n) is 3.66. The number of carbonyl (C=O) groups excluding carboxylic acids is 2. The first-order valence-corrected chi connectivity index (χ1v) is 8.35. The van der Waals surface area contributed by atoms with E-state index in [0.29, 0.717) is 11.3 Å². The van der Waals surface area contributed by atoms with Crippen LogP contribution in [0.15, 0.2) is 66.9 Å². The normalized spacial score (nSPS) is 10.2. The minimum Gasteiger partial charge on any atom is -0.387 e. The molecule has 0 saturated heterocycles. The molecule has 136 valence electrons. The number of benzene rings is 2. The molecule has 0 aliphatic carbocycles. The molecule has 0 bridgehead atoms. The molecule has 0 atom stereocenters. The fourth-order valence-corrected chi connectivity index (χ4v) is 2.25. The summed E-state index contributed by atoms with van der Waals surface area (Å²) in [7, 11) is 1.80. The fourth-order valence-electron chi connectivity index (χ4n) is 2.25. The molecule has 0 heterocycles. The van der Waals surface area contributed by atoms with Gasteiger partial charge in [0.2, 0.25) is 0 Å². The Morgan fingerprint density at radius 1 is 1.08 bits per heavy atom. The summed E-state index contributed by atoms with van der Waals surface area (Å²) in [6.45, 7) is 9.42. The van der Waals surface area contributed by atoms with Crippen LogP contribution in [0.1, 0.15) is 38.8 Å². The minimum atomic E-state index is -0.133. The number of hydrogen-bond donors (Lipinski definition) is 2. The van der Waals surface area contributed by atoms with Gasteiger partial charge in [-0.15, -0.1) is 0 Å². The number of aryl methyl sites for hydroxylation is 2. The van der Waals surface area contributed by atoms with Gasteiger partial charge in [-0.05, 0) is 45.0 Å². The van der Waals surface area contributed by atoms with Crippen LogP contribution in [-0.4, -0.2) is 19.2 Å². The first-order chi connectivity index (χ1) is 12.4. The van der Waals surface area contributed by atoms with E-state index in [1.165, 1.54) is 0 Å². The third-order valence-corrected chi connectivity index (χ3v) is 3.66. The lowest BCUT2D eigenvalue weighted by Gasteiger charge is -2.11. The summed E-state index contributed by atoms with van der Waals surface area (Å²) in [4.78, 5) is 22.2. The van der Waals surface area contributed by atoms with E-state index in [2.05, 4.69) is 17.2 Å². The molecule has 2 N–H and O–H groups in total. The largest absolute Gasteiger partial charge is 0.387 e. The Morgan fingerprint density at radius 3 is 2.27 bits per heavy atom. The molecule has 0 radical (unpaired) electrons. The van der Waals surface area contributed by atoms with Crippen molar-refractivity contribution in [2.45, 2.75) is 20.8 Å². The van der Waals surface area contributed by atoms with E-state index in [-0.39, 0.29) is 5.91 Å². The zero-order chi connectivity index (χ0) is 19.5. The number of rotatable bonds is 5. The summed E-state index contributed by atoms with van der Waals surface area (Å²) in [5.41, 5.74) is 5.07. The molecule has 0 fully saturated rings. The van der Waals surface area contributed by atoms with Crippen LogP contribution in [-0.2, 0) is 0 Å². The van der Waals surface area contributed by atoms with Gasteiger partial charge in [-0.25, -0.2) is 0 Å². The van der Waals surface area contributed by atoms with Crippen LogP contribution in [0, 0.1) is 13.8 Å². The number of hydrogen-bond acceptors (Lipinski definition) is 3. The molecule has 0 spiro atoms.